The quantitative estimate of drug-likeness (QED) is 0.818. The van der Waals surface area contributed by atoms with E-state index in [9.17, 15) is 0 Å². The van der Waals surface area contributed by atoms with Gasteiger partial charge >= 0.3 is 0 Å². The normalized spacial score (nSPS) is 18.4. The molecule has 0 unspecified atom stereocenters. The van der Waals surface area contributed by atoms with Gasteiger partial charge < -0.3 is 10.2 Å². The molecule has 4 nitrogen and oxygen atoms in total. The zero-order chi connectivity index (χ0) is 13.2. The van der Waals surface area contributed by atoms with Crippen LogP contribution in [0.3, 0.4) is 0 Å². The topological polar surface area (TPSA) is 41.0 Å². The van der Waals surface area contributed by atoms with E-state index >= 15 is 0 Å². The summed E-state index contributed by atoms with van der Waals surface area (Å²) in [6.45, 7) is 4.50. The number of hydrogen-bond donors (Lipinski definition) is 1. The lowest BCUT2D eigenvalue weighted by Gasteiger charge is -2.24. The highest BCUT2D eigenvalue weighted by molar-refractivity contribution is 5.50. The molecule has 4 heteroatoms. The van der Waals surface area contributed by atoms with E-state index in [-0.39, 0.29) is 0 Å². The van der Waals surface area contributed by atoms with Gasteiger partial charge in [-0.15, -0.1) is 0 Å². The van der Waals surface area contributed by atoms with E-state index < -0.39 is 0 Å². The van der Waals surface area contributed by atoms with Gasteiger partial charge in [0.1, 0.15) is 17.5 Å². The minimum Gasteiger partial charge on any atom is -0.373 e. The van der Waals surface area contributed by atoms with E-state index in [2.05, 4.69) is 28.2 Å². The van der Waals surface area contributed by atoms with Crippen LogP contribution in [0.1, 0.15) is 50.8 Å². The molecule has 1 aromatic heterocycles. The minimum absolute atomic E-state index is 0.608. The average molecular weight is 260 g/mol. The van der Waals surface area contributed by atoms with Crippen molar-refractivity contribution < 1.29 is 0 Å². The Balaban J connectivity index is 1.84. The molecule has 2 aliphatic rings. The molecule has 2 fully saturated rings. The highest BCUT2D eigenvalue weighted by atomic mass is 15.2. The Morgan fingerprint density at radius 3 is 2.63 bits per heavy atom. The first-order chi connectivity index (χ1) is 9.30. The van der Waals surface area contributed by atoms with Crippen LogP contribution in [-0.2, 0) is 0 Å². The minimum atomic E-state index is 0.608. The van der Waals surface area contributed by atoms with Gasteiger partial charge in [0.2, 0.25) is 0 Å². The van der Waals surface area contributed by atoms with E-state index in [1.54, 1.807) is 0 Å². The average Bonchev–Trinajstić information content (AvgIpc) is 3.29. The van der Waals surface area contributed by atoms with Crippen LogP contribution in [0.25, 0.3) is 0 Å². The molecule has 1 aromatic rings. The molecule has 0 radical (unpaired) electrons. The van der Waals surface area contributed by atoms with E-state index in [0.29, 0.717) is 5.92 Å². The molecule has 0 amide bonds. The van der Waals surface area contributed by atoms with Crippen molar-refractivity contribution in [3.63, 3.8) is 0 Å². The molecule has 0 saturated heterocycles. The number of anilines is 2. The lowest BCUT2D eigenvalue weighted by atomic mass is 10.3. The molecule has 2 aliphatic carbocycles. The third-order valence-corrected chi connectivity index (χ3v) is 3.92. The van der Waals surface area contributed by atoms with Gasteiger partial charge in [-0.3, -0.25) is 0 Å². The number of nitrogens with zero attached hydrogens (tertiary/aromatic N) is 3. The Bertz CT molecular complexity index is 438. The van der Waals surface area contributed by atoms with Crippen molar-refractivity contribution in [1.82, 2.24) is 9.97 Å². The predicted molar refractivity (Wildman–Crippen MR) is 78.8 cm³/mol. The summed E-state index contributed by atoms with van der Waals surface area (Å²) in [5.41, 5.74) is 0. The van der Waals surface area contributed by atoms with E-state index in [0.717, 1.165) is 36.5 Å². The van der Waals surface area contributed by atoms with Gasteiger partial charge in [0.25, 0.3) is 0 Å². The molecule has 1 N–H and O–H groups in total. The summed E-state index contributed by atoms with van der Waals surface area (Å²) < 4.78 is 0. The molecule has 1 heterocycles. The lowest BCUT2D eigenvalue weighted by Crippen LogP contribution is -2.28. The fourth-order valence-electron chi connectivity index (χ4n) is 2.45. The van der Waals surface area contributed by atoms with Crippen molar-refractivity contribution in [2.24, 2.45) is 5.92 Å². The molecule has 0 bridgehead atoms. The summed E-state index contributed by atoms with van der Waals surface area (Å²) in [5.74, 6) is 4.62. The van der Waals surface area contributed by atoms with E-state index in [4.69, 9.17) is 4.98 Å². The monoisotopic (exact) mass is 260 g/mol. The van der Waals surface area contributed by atoms with E-state index in [1.165, 1.54) is 32.1 Å². The number of nitrogens with one attached hydrogen (secondary N) is 1. The standard InChI is InChI=1S/C15H24N4/c1-3-8-19(10-11-4-5-11)14-9-13(16-2)17-15(18-14)12-6-7-12/h9,11-12H,3-8,10H2,1-2H3,(H,16,17,18). The van der Waals surface area contributed by atoms with E-state index in [1.807, 2.05) is 7.05 Å². The van der Waals surface area contributed by atoms with Gasteiger partial charge in [-0.1, -0.05) is 6.92 Å². The maximum atomic E-state index is 4.82. The van der Waals surface area contributed by atoms with Gasteiger partial charge in [0.15, 0.2) is 0 Å². The maximum absolute atomic E-state index is 4.82. The van der Waals surface area contributed by atoms with Crippen LogP contribution < -0.4 is 10.2 Å². The summed E-state index contributed by atoms with van der Waals surface area (Å²) in [5, 5.41) is 3.18. The Kier molecular flexibility index (Phi) is 3.58. The van der Waals surface area contributed by atoms with Crippen LogP contribution in [0, 0.1) is 5.92 Å². The second-order valence-corrected chi connectivity index (χ2v) is 5.88. The van der Waals surface area contributed by atoms with Crippen LogP contribution in [0.5, 0.6) is 0 Å². The summed E-state index contributed by atoms with van der Waals surface area (Å²) in [7, 11) is 1.94. The highest BCUT2D eigenvalue weighted by Gasteiger charge is 2.29. The third kappa shape index (κ3) is 3.17. The smallest absolute Gasteiger partial charge is 0.136 e. The third-order valence-electron chi connectivity index (χ3n) is 3.92. The lowest BCUT2D eigenvalue weighted by molar-refractivity contribution is 0.694. The van der Waals surface area contributed by atoms with Crippen LogP contribution in [0.15, 0.2) is 6.07 Å². The maximum Gasteiger partial charge on any atom is 0.136 e. The molecule has 104 valence electrons. The van der Waals surface area contributed by atoms with Crippen molar-refractivity contribution in [3.8, 4) is 0 Å². The van der Waals surface area contributed by atoms with Crippen LogP contribution in [-0.4, -0.2) is 30.1 Å². The largest absolute Gasteiger partial charge is 0.373 e. The molecule has 0 atom stereocenters. The predicted octanol–water partition coefficient (Wildman–Crippen LogP) is 3.02. The molecule has 2 saturated carbocycles. The summed E-state index contributed by atoms with van der Waals surface area (Å²) in [6.07, 6.45) is 6.45. The van der Waals surface area contributed by atoms with Gasteiger partial charge in [0, 0.05) is 32.1 Å². The summed E-state index contributed by atoms with van der Waals surface area (Å²) in [6, 6.07) is 2.10. The zero-order valence-electron chi connectivity index (χ0n) is 12.0. The molecule has 0 aromatic carbocycles. The molecule has 0 aliphatic heterocycles. The highest BCUT2D eigenvalue weighted by Crippen LogP contribution is 2.39. The van der Waals surface area contributed by atoms with Crippen molar-refractivity contribution in [3.05, 3.63) is 11.9 Å². The first-order valence-corrected chi connectivity index (χ1v) is 7.61. The SMILES string of the molecule is CCCN(CC1CC1)c1cc(NC)nc(C2CC2)n1. The first-order valence-electron chi connectivity index (χ1n) is 7.61. The van der Waals surface area contributed by atoms with Crippen molar-refractivity contribution in [2.45, 2.75) is 44.9 Å². The van der Waals surface area contributed by atoms with Gasteiger partial charge in [0.05, 0.1) is 0 Å². The number of rotatable bonds is 7. The Morgan fingerprint density at radius 1 is 1.26 bits per heavy atom. The molecular weight excluding hydrogens is 236 g/mol. The fourth-order valence-corrected chi connectivity index (χ4v) is 2.45. The Labute approximate surface area is 115 Å². The van der Waals surface area contributed by atoms with Crippen LogP contribution in [0.4, 0.5) is 11.6 Å². The fraction of sp³-hybridized carbons (Fsp3) is 0.733. The van der Waals surface area contributed by atoms with Crippen molar-refractivity contribution >= 4 is 11.6 Å². The Hall–Kier alpha value is -1.32. The number of aromatic nitrogens is 2. The van der Waals surface area contributed by atoms with Crippen LogP contribution >= 0.6 is 0 Å². The van der Waals surface area contributed by atoms with Gasteiger partial charge in [-0.2, -0.15) is 0 Å². The molecule has 0 spiro atoms. The molecule has 3 rings (SSSR count). The summed E-state index contributed by atoms with van der Waals surface area (Å²) >= 11 is 0. The zero-order valence-corrected chi connectivity index (χ0v) is 12.0. The van der Waals surface area contributed by atoms with Crippen molar-refractivity contribution in [2.75, 3.05) is 30.4 Å². The second kappa shape index (κ2) is 5.35. The van der Waals surface area contributed by atoms with Gasteiger partial charge in [-0.05, 0) is 38.0 Å². The van der Waals surface area contributed by atoms with Gasteiger partial charge in [-0.25, -0.2) is 9.97 Å². The number of hydrogen-bond acceptors (Lipinski definition) is 4. The van der Waals surface area contributed by atoms with Crippen LogP contribution in [0.2, 0.25) is 0 Å². The summed E-state index contributed by atoms with van der Waals surface area (Å²) in [4.78, 5) is 11.9. The molecule has 19 heavy (non-hydrogen) atoms. The first kappa shape index (κ1) is 12.7. The molecular formula is C15H24N4. The Morgan fingerprint density at radius 2 is 2.05 bits per heavy atom. The second-order valence-electron chi connectivity index (χ2n) is 5.88. The van der Waals surface area contributed by atoms with Crippen molar-refractivity contribution in [1.29, 1.82) is 0 Å².